The Balaban J connectivity index is 2.01. The first-order chi connectivity index (χ1) is 7.68. The van der Waals surface area contributed by atoms with E-state index in [4.69, 9.17) is 9.84 Å². The molecular weight excluding hydrogens is 206 g/mol. The van der Waals surface area contributed by atoms with Gasteiger partial charge in [0.2, 0.25) is 0 Å². The summed E-state index contributed by atoms with van der Waals surface area (Å²) in [6.45, 7) is 3.87. The van der Waals surface area contributed by atoms with Gasteiger partial charge in [0, 0.05) is 19.6 Å². The van der Waals surface area contributed by atoms with E-state index in [2.05, 4.69) is 11.9 Å². The van der Waals surface area contributed by atoms with Gasteiger partial charge in [-0.15, -0.1) is 0 Å². The van der Waals surface area contributed by atoms with Crippen LogP contribution < -0.4 is 0 Å². The molecule has 1 unspecified atom stereocenters. The first kappa shape index (κ1) is 13.5. The number of aliphatic carboxylic acids is 1. The first-order valence-electron chi connectivity index (χ1n) is 6.16. The number of carbonyl (C=O) groups is 1. The van der Waals surface area contributed by atoms with Gasteiger partial charge in [0.05, 0.1) is 6.61 Å². The summed E-state index contributed by atoms with van der Waals surface area (Å²) in [4.78, 5) is 12.6. The van der Waals surface area contributed by atoms with E-state index in [9.17, 15) is 4.79 Å². The Hall–Kier alpha value is -0.610. The third-order valence-electron chi connectivity index (χ3n) is 3.00. The summed E-state index contributed by atoms with van der Waals surface area (Å²) in [6, 6.07) is 0. The lowest BCUT2D eigenvalue weighted by molar-refractivity contribution is -0.137. The molecule has 1 aliphatic heterocycles. The number of hydrogen-bond donors (Lipinski definition) is 1. The van der Waals surface area contributed by atoms with E-state index in [1.54, 1.807) is 0 Å². The van der Waals surface area contributed by atoms with Crippen molar-refractivity contribution in [1.29, 1.82) is 0 Å². The summed E-state index contributed by atoms with van der Waals surface area (Å²) in [5.74, 6) is -0.0263. The summed E-state index contributed by atoms with van der Waals surface area (Å²) in [5.41, 5.74) is 0. The van der Waals surface area contributed by atoms with Crippen LogP contribution in [0.4, 0.5) is 0 Å². The molecule has 16 heavy (non-hydrogen) atoms. The minimum Gasteiger partial charge on any atom is -0.481 e. The largest absolute Gasteiger partial charge is 0.481 e. The lowest BCUT2D eigenvalue weighted by Gasteiger charge is -2.27. The highest BCUT2D eigenvalue weighted by Crippen LogP contribution is 2.14. The predicted octanol–water partition coefficient (Wildman–Crippen LogP) is 1.60. The van der Waals surface area contributed by atoms with E-state index in [0.29, 0.717) is 12.3 Å². The van der Waals surface area contributed by atoms with Gasteiger partial charge in [-0.3, -0.25) is 4.79 Å². The molecule has 0 amide bonds. The highest BCUT2D eigenvalue weighted by atomic mass is 16.5. The second-order valence-electron chi connectivity index (χ2n) is 4.70. The van der Waals surface area contributed by atoms with Crippen LogP contribution in [0.15, 0.2) is 0 Å². The SMILES string of the molecule is CN(CCCCC(=O)O)CC1CCCOC1. The lowest BCUT2D eigenvalue weighted by Crippen LogP contribution is -2.31. The van der Waals surface area contributed by atoms with Gasteiger partial charge in [0.15, 0.2) is 0 Å². The number of ether oxygens (including phenoxy) is 1. The molecule has 94 valence electrons. The highest BCUT2D eigenvalue weighted by molar-refractivity contribution is 5.66. The molecule has 1 rings (SSSR count). The zero-order valence-electron chi connectivity index (χ0n) is 10.2. The van der Waals surface area contributed by atoms with Crippen molar-refractivity contribution in [3.05, 3.63) is 0 Å². The van der Waals surface area contributed by atoms with Crippen LogP contribution >= 0.6 is 0 Å². The van der Waals surface area contributed by atoms with E-state index < -0.39 is 5.97 Å². The van der Waals surface area contributed by atoms with E-state index in [-0.39, 0.29) is 0 Å². The van der Waals surface area contributed by atoms with Crippen LogP contribution in [0.25, 0.3) is 0 Å². The third kappa shape index (κ3) is 6.08. The van der Waals surface area contributed by atoms with Gasteiger partial charge >= 0.3 is 5.97 Å². The molecule has 0 bridgehead atoms. The average Bonchev–Trinajstić information content (AvgIpc) is 2.25. The van der Waals surface area contributed by atoms with Crippen molar-refractivity contribution in [3.8, 4) is 0 Å². The predicted molar refractivity (Wildman–Crippen MR) is 62.5 cm³/mol. The first-order valence-corrected chi connectivity index (χ1v) is 6.16. The highest BCUT2D eigenvalue weighted by Gasteiger charge is 2.15. The molecule has 1 heterocycles. The number of carboxylic acid groups (broad SMARTS) is 1. The Bertz CT molecular complexity index is 202. The zero-order chi connectivity index (χ0) is 11.8. The second-order valence-corrected chi connectivity index (χ2v) is 4.70. The van der Waals surface area contributed by atoms with E-state index in [0.717, 1.165) is 39.1 Å². The average molecular weight is 229 g/mol. The van der Waals surface area contributed by atoms with Crippen LogP contribution in [0.2, 0.25) is 0 Å². The minimum atomic E-state index is -0.691. The molecule has 0 aromatic heterocycles. The lowest BCUT2D eigenvalue weighted by atomic mass is 10.0. The van der Waals surface area contributed by atoms with Gasteiger partial charge in [-0.05, 0) is 45.2 Å². The van der Waals surface area contributed by atoms with Gasteiger partial charge in [-0.2, -0.15) is 0 Å². The molecule has 0 aromatic rings. The molecule has 1 saturated heterocycles. The van der Waals surface area contributed by atoms with Crippen LogP contribution in [0.1, 0.15) is 32.1 Å². The molecule has 1 aliphatic rings. The normalized spacial score (nSPS) is 21.2. The molecule has 0 aliphatic carbocycles. The smallest absolute Gasteiger partial charge is 0.303 e. The fourth-order valence-electron chi connectivity index (χ4n) is 2.14. The molecule has 0 radical (unpaired) electrons. The summed E-state index contributed by atoms with van der Waals surface area (Å²) in [6.07, 6.45) is 4.48. The van der Waals surface area contributed by atoms with E-state index in [1.807, 2.05) is 0 Å². The zero-order valence-corrected chi connectivity index (χ0v) is 10.2. The van der Waals surface area contributed by atoms with Crippen LogP contribution in [0.5, 0.6) is 0 Å². The fraction of sp³-hybridized carbons (Fsp3) is 0.917. The molecule has 4 nitrogen and oxygen atoms in total. The molecule has 1 atom stereocenters. The fourth-order valence-corrected chi connectivity index (χ4v) is 2.14. The third-order valence-corrected chi connectivity index (χ3v) is 3.00. The maximum Gasteiger partial charge on any atom is 0.303 e. The quantitative estimate of drug-likeness (QED) is 0.674. The van der Waals surface area contributed by atoms with Crippen LogP contribution in [0.3, 0.4) is 0 Å². The van der Waals surface area contributed by atoms with Gasteiger partial charge in [-0.25, -0.2) is 0 Å². The number of rotatable bonds is 7. The molecule has 1 fully saturated rings. The van der Waals surface area contributed by atoms with Gasteiger partial charge < -0.3 is 14.7 Å². The Morgan fingerprint density at radius 1 is 1.50 bits per heavy atom. The number of carboxylic acids is 1. The molecule has 4 heteroatoms. The van der Waals surface area contributed by atoms with Crippen LogP contribution in [0, 0.1) is 5.92 Å². The summed E-state index contributed by atoms with van der Waals surface area (Å²) in [5, 5.41) is 8.51. The van der Waals surface area contributed by atoms with Crippen molar-refractivity contribution in [2.24, 2.45) is 5.92 Å². The monoisotopic (exact) mass is 229 g/mol. The Morgan fingerprint density at radius 3 is 2.94 bits per heavy atom. The maximum atomic E-state index is 10.3. The topological polar surface area (TPSA) is 49.8 Å². The molecular formula is C12H23NO3. The Morgan fingerprint density at radius 2 is 2.31 bits per heavy atom. The van der Waals surface area contributed by atoms with Crippen LogP contribution in [-0.4, -0.2) is 49.3 Å². The van der Waals surface area contributed by atoms with Gasteiger partial charge in [-0.1, -0.05) is 0 Å². The standard InChI is InChI=1S/C12H23NO3/c1-13(7-3-2-6-12(14)15)9-11-5-4-8-16-10-11/h11H,2-10H2,1H3,(H,14,15). The number of unbranched alkanes of at least 4 members (excludes halogenated alkanes) is 1. The van der Waals surface area contributed by atoms with Gasteiger partial charge in [0.1, 0.15) is 0 Å². The van der Waals surface area contributed by atoms with Crippen molar-refractivity contribution < 1.29 is 14.6 Å². The van der Waals surface area contributed by atoms with Crippen molar-refractivity contribution in [1.82, 2.24) is 4.90 Å². The summed E-state index contributed by atoms with van der Waals surface area (Å²) >= 11 is 0. The molecule has 0 aromatic carbocycles. The van der Waals surface area contributed by atoms with Crippen molar-refractivity contribution in [3.63, 3.8) is 0 Å². The Labute approximate surface area is 97.6 Å². The van der Waals surface area contributed by atoms with E-state index in [1.165, 1.54) is 12.8 Å². The number of hydrogen-bond acceptors (Lipinski definition) is 3. The van der Waals surface area contributed by atoms with Crippen molar-refractivity contribution in [2.45, 2.75) is 32.1 Å². The van der Waals surface area contributed by atoms with E-state index >= 15 is 0 Å². The summed E-state index contributed by atoms with van der Waals surface area (Å²) in [7, 11) is 2.11. The van der Waals surface area contributed by atoms with Crippen molar-refractivity contribution >= 4 is 5.97 Å². The molecule has 0 saturated carbocycles. The van der Waals surface area contributed by atoms with Crippen LogP contribution in [-0.2, 0) is 9.53 Å². The second kappa shape index (κ2) is 7.63. The molecule has 1 N–H and O–H groups in total. The minimum absolute atomic E-state index is 0.292. The summed E-state index contributed by atoms with van der Waals surface area (Å²) < 4.78 is 5.44. The maximum absolute atomic E-state index is 10.3. The Kier molecular flexibility index (Phi) is 6.42. The van der Waals surface area contributed by atoms with Gasteiger partial charge in [0.25, 0.3) is 0 Å². The molecule has 0 spiro atoms. The van der Waals surface area contributed by atoms with Crippen molar-refractivity contribution in [2.75, 3.05) is 33.4 Å². The number of nitrogens with zero attached hydrogens (tertiary/aromatic N) is 1.